The Kier molecular flexibility index (Phi) is 5.33. The monoisotopic (exact) mass is 398 g/mol. The van der Waals surface area contributed by atoms with Crippen LogP contribution in [-0.2, 0) is 9.84 Å². The van der Waals surface area contributed by atoms with Crippen LogP contribution in [0.15, 0.2) is 59.5 Å². The Morgan fingerprint density at radius 2 is 1.64 bits per heavy atom. The molecular weight excluding hydrogens is 376 g/mol. The van der Waals surface area contributed by atoms with E-state index in [0.717, 1.165) is 11.3 Å². The van der Waals surface area contributed by atoms with Crippen LogP contribution in [0.2, 0.25) is 0 Å². The molecule has 0 aliphatic carbocycles. The maximum atomic E-state index is 13.0. The third-order valence-electron chi connectivity index (χ3n) is 4.66. The van der Waals surface area contributed by atoms with Gasteiger partial charge >= 0.3 is 0 Å². The zero-order valence-electron chi connectivity index (χ0n) is 16.2. The Hall–Kier alpha value is -3.00. The Labute approximate surface area is 164 Å². The van der Waals surface area contributed by atoms with Crippen LogP contribution in [0.4, 0.5) is 0 Å². The van der Waals surface area contributed by atoms with Crippen molar-refractivity contribution >= 4 is 15.7 Å². The minimum atomic E-state index is -3.26. The van der Waals surface area contributed by atoms with E-state index in [4.69, 9.17) is 0 Å². The second-order valence-electron chi connectivity index (χ2n) is 6.69. The van der Waals surface area contributed by atoms with Crippen molar-refractivity contribution in [3.8, 4) is 5.69 Å². The van der Waals surface area contributed by atoms with Crippen LogP contribution in [0, 0.1) is 6.92 Å². The molecule has 0 aliphatic rings. The fourth-order valence-electron chi connectivity index (χ4n) is 2.81. The summed E-state index contributed by atoms with van der Waals surface area (Å²) in [7, 11) is -1.56. The van der Waals surface area contributed by atoms with Crippen molar-refractivity contribution in [2.75, 3.05) is 13.3 Å². The summed E-state index contributed by atoms with van der Waals surface area (Å²) in [5.41, 5.74) is 2.43. The summed E-state index contributed by atoms with van der Waals surface area (Å²) in [5, 5.41) is 8.70. The number of hydrogen-bond acceptors (Lipinski definition) is 5. The summed E-state index contributed by atoms with van der Waals surface area (Å²) < 4.78 is 23.2. The average Bonchev–Trinajstić information content (AvgIpc) is 3.08. The van der Waals surface area contributed by atoms with Gasteiger partial charge < -0.3 is 4.90 Å². The maximum absolute atomic E-state index is 13.0. The number of carbonyl (C=O) groups excluding carboxylic acids is 1. The van der Waals surface area contributed by atoms with E-state index in [1.165, 1.54) is 11.1 Å². The highest BCUT2D eigenvalue weighted by molar-refractivity contribution is 7.90. The van der Waals surface area contributed by atoms with E-state index in [-0.39, 0.29) is 22.5 Å². The van der Waals surface area contributed by atoms with Gasteiger partial charge in [0.15, 0.2) is 15.5 Å². The maximum Gasteiger partial charge on any atom is 0.276 e. The van der Waals surface area contributed by atoms with Crippen LogP contribution in [-0.4, -0.2) is 47.5 Å². The molecule has 0 spiro atoms. The Bertz CT molecular complexity index is 1090. The van der Waals surface area contributed by atoms with Gasteiger partial charge in [0, 0.05) is 13.3 Å². The molecule has 7 nitrogen and oxygen atoms in total. The first-order valence-electron chi connectivity index (χ1n) is 8.75. The number of nitrogens with zero attached hydrogens (tertiary/aromatic N) is 4. The Morgan fingerprint density at radius 3 is 2.21 bits per heavy atom. The standard InChI is InChI=1S/C20H22N4O3S/c1-14-19(22-24(21-14)17-8-6-5-7-9-17)20(25)23(3)15(2)16-10-12-18(13-11-16)28(4,26)27/h5-13,15H,1-4H3/t15-/m0/s1. The van der Waals surface area contributed by atoms with Gasteiger partial charge in [-0.25, -0.2) is 8.42 Å². The lowest BCUT2D eigenvalue weighted by Gasteiger charge is -2.24. The fourth-order valence-corrected chi connectivity index (χ4v) is 3.44. The second kappa shape index (κ2) is 7.55. The van der Waals surface area contributed by atoms with E-state index >= 15 is 0 Å². The normalized spacial score (nSPS) is 12.6. The zero-order valence-corrected chi connectivity index (χ0v) is 17.0. The smallest absolute Gasteiger partial charge is 0.276 e. The van der Waals surface area contributed by atoms with Crippen molar-refractivity contribution in [3.05, 3.63) is 71.5 Å². The van der Waals surface area contributed by atoms with E-state index < -0.39 is 9.84 Å². The zero-order chi connectivity index (χ0) is 20.5. The minimum Gasteiger partial charge on any atom is -0.333 e. The van der Waals surface area contributed by atoms with Gasteiger partial charge in [0.05, 0.1) is 22.3 Å². The van der Waals surface area contributed by atoms with E-state index in [9.17, 15) is 13.2 Å². The molecule has 3 aromatic rings. The van der Waals surface area contributed by atoms with Crippen molar-refractivity contribution < 1.29 is 13.2 Å². The van der Waals surface area contributed by atoms with Crippen molar-refractivity contribution in [1.82, 2.24) is 19.9 Å². The van der Waals surface area contributed by atoms with Gasteiger partial charge in [0.25, 0.3) is 5.91 Å². The molecule has 8 heteroatoms. The molecule has 0 N–H and O–H groups in total. The van der Waals surface area contributed by atoms with Crippen molar-refractivity contribution in [3.63, 3.8) is 0 Å². The van der Waals surface area contributed by atoms with Gasteiger partial charge in [0.1, 0.15) is 0 Å². The van der Waals surface area contributed by atoms with E-state index in [2.05, 4.69) is 10.2 Å². The summed E-state index contributed by atoms with van der Waals surface area (Å²) in [5.74, 6) is -0.251. The molecule has 0 unspecified atom stereocenters. The Balaban J connectivity index is 1.83. The molecule has 0 bridgehead atoms. The molecular formula is C20H22N4O3S. The quantitative estimate of drug-likeness (QED) is 0.660. The highest BCUT2D eigenvalue weighted by atomic mass is 32.2. The molecule has 1 amide bonds. The van der Waals surface area contributed by atoms with E-state index in [0.29, 0.717) is 5.69 Å². The SMILES string of the molecule is Cc1nn(-c2ccccc2)nc1C(=O)N(C)[C@@H](C)c1ccc(S(C)(=O)=O)cc1. The molecule has 28 heavy (non-hydrogen) atoms. The van der Waals surface area contributed by atoms with Gasteiger partial charge in [0.2, 0.25) is 0 Å². The van der Waals surface area contributed by atoms with Crippen LogP contribution < -0.4 is 0 Å². The molecule has 146 valence electrons. The highest BCUT2D eigenvalue weighted by Crippen LogP contribution is 2.23. The summed E-state index contributed by atoms with van der Waals surface area (Å²) in [6.45, 7) is 3.63. The van der Waals surface area contributed by atoms with Gasteiger partial charge in [-0.3, -0.25) is 4.79 Å². The molecule has 0 saturated heterocycles. The number of rotatable bonds is 5. The third kappa shape index (κ3) is 3.96. The first-order valence-corrected chi connectivity index (χ1v) is 10.6. The number of aryl methyl sites for hydroxylation is 1. The summed E-state index contributed by atoms with van der Waals surface area (Å²) in [6.07, 6.45) is 1.17. The molecule has 0 aliphatic heterocycles. The molecule has 1 atom stereocenters. The van der Waals surface area contributed by atoms with Crippen molar-refractivity contribution in [2.45, 2.75) is 24.8 Å². The van der Waals surface area contributed by atoms with Crippen molar-refractivity contribution in [2.24, 2.45) is 0 Å². The number of para-hydroxylation sites is 1. The molecule has 3 rings (SSSR count). The van der Waals surface area contributed by atoms with Crippen LogP contribution in [0.5, 0.6) is 0 Å². The summed E-state index contributed by atoms with van der Waals surface area (Å²) in [6, 6.07) is 15.7. The van der Waals surface area contributed by atoms with Crippen LogP contribution in [0.25, 0.3) is 5.69 Å². The molecule has 1 aromatic heterocycles. The van der Waals surface area contributed by atoms with Gasteiger partial charge in [-0.1, -0.05) is 30.3 Å². The number of sulfone groups is 1. The lowest BCUT2D eigenvalue weighted by atomic mass is 10.1. The first-order chi connectivity index (χ1) is 13.2. The van der Waals surface area contributed by atoms with Gasteiger partial charge in [-0.15, -0.1) is 5.10 Å². The Morgan fingerprint density at radius 1 is 1.04 bits per heavy atom. The second-order valence-corrected chi connectivity index (χ2v) is 8.71. The van der Waals surface area contributed by atoms with Gasteiger partial charge in [-0.2, -0.15) is 9.90 Å². The number of aromatic nitrogens is 3. The molecule has 2 aromatic carbocycles. The lowest BCUT2D eigenvalue weighted by Crippen LogP contribution is -2.30. The lowest BCUT2D eigenvalue weighted by molar-refractivity contribution is 0.0735. The van der Waals surface area contributed by atoms with Crippen LogP contribution in [0.1, 0.15) is 34.7 Å². The number of amides is 1. The number of benzene rings is 2. The van der Waals surface area contributed by atoms with Crippen LogP contribution >= 0.6 is 0 Å². The minimum absolute atomic E-state index is 0.249. The number of hydrogen-bond donors (Lipinski definition) is 0. The molecule has 0 saturated carbocycles. The fraction of sp³-hybridized carbons (Fsp3) is 0.250. The first kappa shape index (κ1) is 19.8. The van der Waals surface area contributed by atoms with Crippen LogP contribution in [0.3, 0.4) is 0 Å². The highest BCUT2D eigenvalue weighted by Gasteiger charge is 2.24. The molecule has 0 radical (unpaired) electrons. The summed E-state index contributed by atoms with van der Waals surface area (Å²) in [4.78, 5) is 16.2. The predicted octanol–water partition coefficient (Wildman–Crippen LogP) is 2.81. The predicted molar refractivity (Wildman–Crippen MR) is 106 cm³/mol. The van der Waals surface area contributed by atoms with Crippen molar-refractivity contribution in [1.29, 1.82) is 0 Å². The molecule has 0 fully saturated rings. The largest absolute Gasteiger partial charge is 0.333 e. The van der Waals surface area contributed by atoms with E-state index in [1.807, 2.05) is 37.3 Å². The topological polar surface area (TPSA) is 85.2 Å². The number of carbonyl (C=O) groups is 1. The summed E-state index contributed by atoms with van der Waals surface area (Å²) >= 11 is 0. The average molecular weight is 398 g/mol. The van der Waals surface area contributed by atoms with E-state index in [1.54, 1.807) is 43.1 Å². The molecule has 1 heterocycles. The van der Waals surface area contributed by atoms with Gasteiger partial charge in [-0.05, 0) is 43.7 Å². The third-order valence-corrected chi connectivity index (χ3v) is 5.79.